The molecule has 2 aromatic rings. The van der Waals surface area contributed by atoms with Crippen LogP contribution in [0.5, 0.6) is 0 Å². The average Bonchev–Trinajstić information content (AvgIpc) is 2.50. The molecule has 2 rings (SSSR count). The molecule has 0 aliphatic rings. The highest BCUT2D eigenvalue weighted by Gasteiger charge is 2.05. The molecule has 0 radical (unpaired) electrons. The van der Waals surface area contributed by atoms with Gasteiger partial charge in [-0.15, -0.1) is 0 Å². The maximum Gasteiger partial charge on any atom is 0.255 e. The van der Waals surface area contributed by atoms with Gasteiger partial charge in [0, 0.05) is 18.3 Å². The smallest absolute Gasteiger partial charge is 0.255 e. The minimum absolute atomic E-state index is 0.00858. The summed E-state index contributed by atoms with van der Waals surface area (Å²) in [7, 11) is 0. The minimum Gasteiger partial charge on any atom is -0.284 e. The molecule has 21 heavy (non-hydrogen) atoms. The number of pyridine rings is 1. The van der Waals surface area contributed by atoms with E-state index in [1.54, 1.807) is 24.3 Å². The summed E-state index contributed by atoms with van der Waals surface area (Å²) in [6, 6.07) is 11.7. The SMILES string of the molecule is N#CC(C#N)=NNc1ccc(-n2ccccc2=O)cc1F. The van der Waals surface area contributed by atoms with Crippen LogP contribution in [0.25, 0.3) is 5.69 Å². The van der Waals surface area contributed by atoms with Gasteiger partial charge in [-0.3, -0.25) is 14.8 Å². The molecule has 0 fully saturated rings. The maximum absolute atomic E-state index is 13.9. The largest absolute Gasteiger partial charge is 0.284 e. The second-order valence-corrected chi connectivity index (χ2v) is 3.87. The van der Waals surface area contributed by atoms with E-state index in [1.807, 2.05) is 0 Å². The van der Waals surface area contributed by atoms with E-state index in [9.17, 15) is 9.18 Å². The Kier molecular flexibility index (Phi) is 4.08. The first-order valence-corrected chi connectivity index (χ1v) is 5.77. The van der Waals surface area contributed by atoms with E-state index in [4.69, 9.17) is 10.5 Å². The summed E-state index contributed by atoms with van der Waals surface area (Å²) in [5.74, 6) is -0.665. The van der Waals surface area contributed by atoms with E-state index in [0.29, 0.717) is 5.69 Å². The molecule has 0 bridgehead atoms. The normalized spacial score (nSPS) is 9.29. The summed E-state index contributed by atoms with van der Waals surface area (Å²) >= 11 is 0. The first-order valence-electron chi connectivity index (χ1n) is 5.77. The van der Waals surface area contributed by atoms with Crippen molar-refractivity contribution in [3.05, 3.63) is 58.8 Å². The van der Waals surface area contributed by atoms with Crippen molar-refractivity contribution in [2.24, 2.45) is 5.10 Å². The van der Waals surface area contributed by atoms with Crippen molar-refractivity contribution in [3.8, 4) is 17.8 Å². The standard InChI is InChI=1S/C14H8FN5O/c15-12-7-11(20-6-2-1-3-14(20)21)4-5-13(12)19-18-10(8-16)9-17/h1-7,19H. The van der Waals surface area contributed by atoms with Gasteiger partial charge in [-0.2, -0.15) is 15.6 Å². The Morgan fingerprint density at radius 2 is 2.00 bits per heavy atom. The van der Waals surface area contributed by atoms with Gasteiger partial charge in [-0.25, -0.2) is 4.39 Å². The zero-order chi connectivity index (χ0) is 15.2. The summed E-state index contributed by atoms with van der Waals surface area (Å²) in [6.45, 7) is 0. The third-order valence-electron chi connectivity index (χ3n) is 2.55. The van der Waals surface area contributed by atoms with E-state index in [0.717, 1.165) is 6.07 Å². The van der Waals surface area contributed by atoms with Crippen molar-refractivity contribution in [1.29, 1.82) is 10.5 Å². The van der Waals surface area contributed by atoms with Crippen molar-refractivity contribution in [1.82, 2.24) is 4.57 Å². The van der Waals surface area contributed by atoms with Gasteiger partial charge in [0.05, 0.1) is 11.4 Å². The fourth-order valence-electron chi connectivity index (χ4n) is 1.58. The van der Waals surface area contributed by atoms with Gasteiger partial charge in [-0.1, -0.05) is 6.07 Å². The molecular weight excluding hydrogens is 273 g/mol. The number of hydrogen-bond acceptors (Lipinski definition) is 5. The molecular formula is C14H8FN5O. The van der Waals surface area contributed by atoms with Crippen LogP contribution in [-0.4, -0.2) is 10.3 Å². The molecule has 0 saturated carbocycles. The molecule has 1 aromatic heterocycles. The van der Waals surface area contributed by atoms with Crippen LogP contribution in [0.1, 0.15) is 0 Å². The molecule has 0 spiro atoms. The Hall–Kier alpha value is -3.45. The lowest BCUT2D eigenvalue weighted by Crippen LogP contribution is -2.15. The van der Waals surface area contributed by atoms with Gasteiger partial charge in [0.2, 0.25) is 5.71 Å². The molecule has 6 nitrogen and oxygen atoms in total. The monoisotopic (exact) mass is 281 g/mol. The van der Waals surface area contributed by atoms with E-state index in [-0.39, 0.29) is 11.2 Å². The fourth-order valence-corrected chi connectivity index (χ4v) is 1.58. The van der Waals surface area contributed by atoms with Gasteiger partial charge in [0.1, 0.15) is 18.0 Å². The van der Waals surface area contributed by atoms with Crippen molar-refractivity contribution in [2.75, 3.05) is 5.43 Å². The van der Waals surface area contributed by atoms with Crippen LogP contribution in [0.2, 0.25) is 0 Å². The molecule has 1 N–H and O–H groups in total. The zero-order valence-corrected chi connectivity index (χ0v) is 10.6. The van der Waals surface area contributed by atoms with Crippen LogP contribution < -0.4 is 11.0 Å². The van der Waals surface area contributed by atoms with E-state index in [2.05, 4.69) is 10.5 Å². The molecule has 0 saturated heterocycles. The first kappa shape index (κ1) is 14.0. The van der Waals surface area contributed by atoms with Crippen molar-refractivity contribution in [2.45, 2.75) is 0 Å². The summed E-state index contributed by atoms with van der Waals surface area (Å²) in [5.41, 5.74) is 1.93. The predicted molar refractivity (Wildman–Crippen MR) is 74.3 cm³/mol. The van der Waals surface area contributed by atoms with Crippen molar-refractivity contribution in [3.63, 3.8) is 0 Å². The molecule has 0 aliphatic carbocycles. The molecule has 0 amide bonds. The van der Waals surface area contributed by atoms with E-state index in [1.165, 1.54) is 29.0 Å². The Morgan fingerprint density at radius 3 is 2.62 bits per heavy atom. The lowest BCUT2D eigenvalue weighted by molar-refractivity contribution is 0.629. The van der Waals surface area contributed by atoms with Crippen molar-refractivity contribution >= 4 is 11.4 Å². The van der Waals surface area contributed by atoms with Crippen LogP contribution in [0.3, 0.4) is 0 Å². The Balaban J connectivity index is 2.34. The van der Waals surface area contributed by atoms with Crippen LogP contribution in [-0.2, 0) is 0 Å². The molecule has 0 atom stereocenters. The number of anilines is 1. The van der Waals surface area contributed by atoms with Crippen LogP contribution in [0.4, 0.5) is 10.1 Å². The molecule has 7 heteroatoms. The molecule has 0 aliphatic heterocycles. The number of halogens is 1. The van der Waals surface area contributed by atoms with Crippen LogP contribution in [0.15, 0.2) is 52.5 Å². The molecule has 0 unspecified atom stereocenters. The van der Waals surface area contributed by atoms with E-state index < -0.39 is 11.5 Å². The van der Waals surface area contributed by atoms with E-state index >= 15 is 0 Å². The second-order valence-electron chi connectivity index (χ2n) is 3.87. The maximum atomic E-state index is 13.9. The highest BCUT2D eigenvalue weighted by molar-refractivity contribution is 6.10. The number of hydrogen-bond donors (Lipinski definition) is 1. The number of nitriles is 2. The van der Waals surface area contributed by atoms with Crippen LogP contribution >= 0.6 is 0 Å². The zero-order valence-electron chi connectivity index (χ0n) is 10.6. The van der Waals surface area contributed by atoms with Gasteiger partial charge in [0.25, 0.3) is 5.56 Å². The Morgan fingerprint density at radius 1 is 1.24 bits per heavy atom. The van der Waals surface area contributed by atoms with Gasteiger partial charge >= 0.3 is 0 Å². The predicted octanol–water partition coefficient (Wildman–Crippen LogP) is 1.79. The minimum atomic E-state index is -0.665. The number of nitrogens with zero attached hydrogens (tertiary/aromatic N) is 4. The summed E-state index contributed by atoms with van der Waals surface area (Å²) in [6.07, 6.45) is 1.52. The fraction of sp³-hybridized carbons (Fsp3) is 0. The summed E-state index contributed by atoms with van der Waals surface area (Å²) in [4.78, 5) is 11.6. The molecule has 1 aromatic carbocycles. The summed E-state index contributed by atoms with van der Waals surface area (Å²) < 4.78 is 15.2. The quantitative estimate of drug-likeness (QED) is 0.685. The second kappa shape index (κ2) is 6.13. The average molecular weight is 281 g/mol. The third-order valence-corrected chi connectivity index (χ3v) is 2.55. The third kappa shape index (κ3) is 3.11. The van der Waals surface area contributed by atoms with Crippen molar-refractivity contribution < 1.29 is 4.39 Å². The Bertz CT molecular complexity index is 825. The number of benzene rings is 1. The number of hydrazone groups is 1. The lowest BCUT2D eigenvalue weighted by Gasteiger charge is -2.07. The molecule has 1 heterocycles. The number of rotatable bonds is 3. The highest BCUT2D eigenvalue weighted by atomic mass is 19.1. The van der Waals surface area contributed by atoms with Gasteiger partial charge in [-0.05, 0) is 18.2 Å². The first-order chi connectivity index (χ1) is 10.2. The van der Waals surface area contributed by atoms with Gasteiger partial charge < -0.3 is 0 Å². The topological polar surface area (TPSA) is 94.0 Å². The Labute approximate surface area is 119 Å². The number of nitrogens with one attached hydrogen (secondary N) is 1. The molecule has 102 valence electrons. The lowest BCUT2D eigenvalue weighted by atomic mass is 10.2. The summed E-state index contributed by atoms with van der Waals surface area (Å²) in [5, 5.41) is 20.5. The number of aromatic nitrogens is 1. The highest BCUT2D eigenvalue weighted by Crippen LogP contribution is 2.17. The van der Waals surface area contributed by atoms with Crippen LogP contribution in [0, 0.1) is 28.5 Å². The van der Waals surface area contributed by atoms with Gasteiger partial charge in [0.15, 0.2) is 0 Å².